The summed E-state index contributed by atoms with van der Waals surface area (Å²) >= 11 is 1.78. The second-order valence-corrected chi connectivity index (χ2v) is 8.30. The van der Waals surface area contributed by atoms with Crippen LogP contribution in [-0.4, -0.2) is 43.5 Å². The van der Waals surface area contributed by atoms with Crippen LogP contribution in [0.5, 0.6) is 0 Å². The first-order chi connectivity index (χ1) is 12.2. The van der Waals surface area contributed by atoms with Crippen molar-refractivity contribution in [3.63, 3.8) is 0 Å². The molecule has 1 amide bonds. The predicted molar refractivity (Wildman–Crippen MR) is 97.3 cm³/mol. The number of aromatic nitrogens is 4. The van der Waals surface area contributed by atoms with Gasteiger partial charge in [0.25, 0.3) is 5.91 Å². The van der Waals surface area contributed by atoms with Crippen molar-refractivity contribution in [1.29, 1.82) is 0 Å². The molecule has 1 atom stereocenters. The van der Waals surface area contributed by atoms with Gasteiger partial charge in [-0.2, -0.15) is 0 Å². The molecule has 2 aliphatic rings. The monoisotopic (exact) mass is 355 g/mol. The minimum Gasteiger partial charge on any atom is -0.336 e. The van der Waals surface area contributed by atoms with Crippen LogP contribution in [0.2, 0.25) is 0 Å². The summed E-state index contributed by atoms with van der Waals surface area (Å²) in [6.45, 7) is 3.91. The highest BCUT2D eigenvalue weighted by Gasteiger charge is 2.27. The van der Waals surface area contributed by atoms with Gasteiger partial charge >= 0.3 is 0 Å². The molecule has 3 aromatic heterocycles. The van der Waals surface area contributed by atoms with Crippen LogP contribution >= 0.6 is 11.3 Å². The number of hydrogen-bond acceptors (Lipinski definition) is 5. The number of fused-ring (bicyclic) bond motifs is 5. The molecular weight excluding hydrogens is 334 g/mol. The van der Waals surface area contributed by atoms with Crippen molar-refractivity contribution < 1.29 is 4.79 Å². The first-order valence-corrected chi connectivity index (χ1v) is 10.00. The number of thiophene rings is 1. The van der Waals surface area contributed by atoms with Crippen molar-refractivity contribution in [2.75, 3.05) is 13.1 Å². The van der Waals surface area contributed by atoms with E-state index in [4.69, 9.17) is 0 Å². The summed E-state index contributed by atoms with van der Waals surface area (Å²) in [4.78, 5) is 26.4. The minimum absolute atomic E-state index is 0.0475. The molecule has 0 spiro atoms. The molecular formula is C18H21N5OS. The van der Waals surface area contributed by atoms with E-state index in [1.807, 2.05) is 4.90 Å². The Hall–Kier alpha value is -2.02. The molecule has 0 unspecified atom stereocenters. The molecule has 6 nitrogen and oxygen atoms in total. The Kier molecular flexibility index (Phi) is 3.51. The molecule has 0 aromatic carbocycles. The standard InChI is InChI=1S/C18H21N5OS/c1-11-6-5-7-12-13(11)14-16-20-15(18(24)22-8-3-2-4-9-22)21-23(16)10-19-17(14)25-12/h10-11H,2-9H2,1H3/t11-/m1/s1. The van der Waals surface area contributed by atoms with Gasteiger partial charge in [0.1, 0.15) is 11.2 Å². The molecule has 25 heavy (non-hydrogen) atoms. The molecule has 0 N–H and O–H groups in total. The van der Waals surface area contributed by atoms with Gasteiger partial charge in [-0.15, -0.1) is 16.4 Å². The van der Waals surface area contributed by atoms with Crippen molar-refractivity contribution in [2.24, 2.45) is 0 Å². The molecule has 1 saturated heterocycles. The second-order valence-electron chi connectivity index (χ2n) is 7.21. The van der Waals surface area contributed by atoms with Crippen molar-refractivity contribution >= 4 is 33.1 Å². The number of piperidine rings is 1. The molecule has 4 heterocycles. The largest absolute Gasteiger partial charge is 0.336 e. The van der Waals surface area contributed by atoms with Crippen LogP contribution in [0.4, 0.5) is 0 Å². The molecule has 7 heteroatoms. The lowest BCUT2D eigenvalue weighted by molar-refractivity contribution is 0.0712. The smallest absolute Gasteiger partial charge is 0.293 e. The lowest BCUT2D eigenvalue weighted by atomic mass is 9.87. The molecule has 0 bridgehead atoms. The highest BCUT2D eigenvalue weighted by atomic mass is 32.1. The minimum atomic E-state index is -0.0475. The average Bonchev–Trinajstić information content (AvgIpc) is 3.23. The third-order valence-electron chi connectivity index (χ3n) is 5.51. The van der Waals surface area contributed by atoms with Crippen LogP contribution < -0.4 is 0 Å². The molecule has 0 radical (unpaired) electrons. The van der Waals surface area contributed by atoms with Crippen LogP contribution in [0.1, 0.15) is 66.0 Å². The van der Waals surface area contributed by atoms with Crippen LogP contribution in [0.15, 0.2) is 6.33 Å². The summed E-state index contributed by atoms with van der Waals surface area (Å²) in [5.74, 6) is 0.775. The molecule has 0 saturated carbocycles. The van der Waals surface area contributed by atoms with Gasteiger partial charge in [0.15, 0.2) is 5.65 Å². The molecule has 130 valence electrons. The topological polar surface area (TPSA) is 63.4 Å². The molecule has 1 fully saturated rings. The Morgan fingerprint density at radius 2 is 2.08 bits per heavy atom. The third-order valence-corrected chi connectivity index (χ3v) is 6.68. The zero-order valence-electron chi connectivity index (χ0n) is 14.4. The number of likely N-dealkylation sites (tertiary alicyclic amines) is 1. The summed E-state index contributed by atoms with van der Waals surface area (Å²) < 4.78 is 1.69. The maximum atomic E-state index is 12.8. The molecule has 1 aliphatic carbocycles. The lowest BCUT2D eigenvalue weighted by Crippen LogP contribution is -2.36. The van der Waals surface area contributed by atoms with Gasteiger partial charge in [-0.25, -0.2) is 14.5 Å². The summed E-state index contributed by atoms with van der Waals surface area (Å²) in [6.07, 6.45) is 8.61. The number of aryl methyl sites for hydroxylation is 1. The lowest BCUT2D eigenvalue weighted by Gasteiger charge is -2.25. The summed E-state index contributed by atoms with van der Waals surface area (Å²) in [7, 11) is 0. The van der Waals surface area contributed by atoms with E-state index in [0.717, 1.165) is 48.2 Å². The fraction of sp³-hybridized carbons (Fsp3) is 0.556. The maximum Gasteiger partial charge on any atom is 0.293 e. The van der Waals surface area contributed by atoms with Gasteiger partial charge in [0.05, 0.1) is 5.39 Å². The van der Waals surface area contributed by atoms with E-state index >= 15 is 0 Å². The number of nitrogens with zero attached hydrogens (tertiary/aromatic N) is 5. The quantitative estimate of drug-likeness (QED) is 0.671. The van der Waals surface area contributed by atoms with Gasteiger partial charge in [-0.3, -0.25) is 4.79 Å². The van der Waals surface area contributed by atoms with E-state index in [0.29, 0.717) is 11.7 Å². The van der Waals surface area contributed by atoms with Crippen molar-refractivity contribution in [3.05, 3.63) is 22.6 Å². The Balaban J connectivity index is 1.65. The Morgan fingerprint density at radius 3 is 2.92 bits per heavy atom. The van der Waals surface area contributed by atoms with E-state index in [1.165, 1.54) is 29.7 Å². The molecule has 5 rings (SSSR count). The summed E-state index contributed by atoms with van der Waals surface area (Å²) in [5.41, 5.74) is 2.17. The van der Waals surface area contributed by atoms with Gasteiger partial charge in [0, 0.05) is 18.0 Å². The number of carbonyl (C=O) groups is 1. The van der Waals surface area contributed by atoms with Gasteiger partial charge in [-0.1, -0.05) is 6.92 Å². The SMILES string of the molecule is C[C@@H]1CCCc2sc3ncn4nc(C(=O)N5CCCCC5)nc4c3c21. The fourth-order valence-electron chi connectivity index (χ4n) is 4.21. The zero-order valence-corrected chi connectivity index (χ0v) is 15.2. The maximum absolute atomic E-state index is 12.8. The van der Waals surface area contributed by atoms with Crippen LogP contribution in [0, 0.1) is 0 Å². The van der Waals surface area contributed by atoms with Crippen LogP contribution in [-0.2, 0) is 6.42 Å². The average molecular weight is 355 g/mol. The third kappa shape index (κ3) is 2.36. The highest BCUT2D eigenvalue weighted by Crippen LogP contribution is 2.42. The Morgan fingerprint density at radius 1 is 1.24 bits per heavy atom. The predicted octanol–water partition coefficient (Wildman–Crippen LogP) is 3.40. The number of rotatable bonds is 1. The van der Waals surface area contributed by atoms with E-state index in [1.54, 1.807) is 22.2 Å². The second kappa shape index (κ2) is 5.76. The first-order valence-electron chi connectivity index (χ1n) is 9.18. The van der Waals surface area contributed by atoms with E-state index in [2.05, 4.69) is 22.0 Å². The van der Waals surface area contributed by atoms with Crippen LogP contribution in [0.3, 0.4) is 0 Å². The number of carbonyl (C=O) groups excluding carboxylic acids is 1. The van der Waals surface area contributed by atoms with E-state index in [-0.39, 0.29) is 5.91 Å². The van der Waals surface area contributed by atoms with Crippen molar-refractivity contribution in [1.82, 2.24) is 24.5 Å². The Bertz CT molecular complexity index is 969. The molecule has 1 aliphatic heterocycles. The molecule has 3 aromatic rings. The summed E-state index contributed by atoms with van der Waals surface area (Å²) in [5, 5.41) is 5.56. The fourth-order valence-corrected chi connectivity index (χ4v) is 5.51. The van der Waals surface area contributed by atoms with Crippen molar-refractivity contribution in [2.45, 2.75) is 51.4 Å². The van der Waals surface area contributed by atoms with Gasteiger partial charge < -0.3 is 4.90 Å². The zero-order chi connectivity index (χ0) is 17.0. The van der Waals surface area contributed by atoms with Gasteiger partial charge in [0.2, 0.25) is 5.82 Å². The number of amides is 1. The van der Waals surface area contributed by atoms with Crippen molar-refractivity contribution in [3.8, 4) is 0 Å². The van der Waals surface area contributed by atoms with Gasteiger partial charge in [-0.05, 0) is 50.0 Å². The Labute approximate surface area is 149 Å². The van der Waals surface area contributed by atoms with E-state index < -0.39 is 0 Å². The highest BCUT2D eigenvalue weighted by molar-refractivity contribution is 7.19. The first kappa shape index (κ1) is 15.3. The normalized spacial score (nSPS) is 21.0. The number of hydrogen-bond donors (Lipinski definition) is 0. The summed E-state index contributed by atoms with van der Waals surface area (Å²) in [6, 6.07) is 0. The van der Waals surface area contributed by atoms with E-state index in [9.17, 15) is 4.79 Å². The van der Waals surface area contributed by atoms with Crippen LogP contribution in [0.25, 0.3) is 15.9 Å².